The lowest BCUT2D eigenvalue weighted by Gasteiger charge is -2.17. The fraction of sp³-hybridized carbons (Fsp3) is 0.556. The van der Waals surface area contributed by atoms with Gasteiger partial charge in [0.15, 0.2) is 0 Å². The number of anilines is 1. The quantitative estimate of drug-likeness (QED) is 0.461. The van der Waals surface area contributed by atoms with Gasteiger partial charge in [0.25, 0.3) is 0 Å². The van der Waals surface area contributed by atoms with E-state index in [1.54, 1.807) is 18.9 Å². The Kier molecular flexibility index (Phi) is 4.00. The fourth-order valence-electron chi connectivity index (χ4n) is 1.44. The number of halogens is 1. The number of aryl methyl sites for hydroxylation is 1. The van der Waals surface area contributed by atoms with Crippen LogP contribution < -0.4 is 4.90 Å². The third-order valence-electron chi connectivity index (χ3n) is 2.12. The summed E-state index contributed by atoms with van der Waals surface area (Å²) in [5, 5.41) is 10.9. The van der Waals surface area contributed by atoms with E-state index in [4.69, 9.17) is 11.6 Å². The number of aromatic nitrogens is 2. The molecule has 0 atom stereocenters. The summed E-state index contributed by atoms with van der Waals surface area (Å²) in [4.78, 5) is 19.8. The van der Waals surface area contributed by atoms with Gasteiger partial charge in [0.1, 0.15) is 5.69 Å². The minimum atomic E-state index is -0.479. The molecule has 16 heavy (non-hydrogen) atoms. The van der Waals surface area contributed by atoms with E-state index >= 15 is 0 Å². The van der Waals surface area contributed by atoms with Crippen LogP contribution in [0.25, 0.3) is 0 Å². The highest BCUT2D eigenvalue weighted by Gasteiger charge is 2.23. The largest absolute Gasteiger partial charge is 0.354 e. The van der Waals surface area contributed by atoms with E-state index < -0.39 is 4.92 Å². The second kappa shape index (κ2) is 5.07. The van der Waals surface area contributed by atoms with Gasteiger partial charge in [-0.15, -0.1) is 0 Å². The third-order valence-corrected chi connectivity index (χ3v) is 2.28. The molecule has 0 N–H and O–H groups in total. The SMILES string of the molecule is CCCN(C)c1nc(Cl)nc(C)c1[N+](=O)[O-]. The summed E-state index contributed by atoms with van der Waals surface area (Å²) < 4.78 is 0. The summed E-state index contributed by atoms with van der Waals surface area (Å²) in [6.45, 7) is 4.21. The van der Waals surface area contributed by atoms with Gasteiger partial charge in [-0.2, -0.15) is 4.98 Å². The van der Waals surface area contributed by atoms with Crippen LogP contribution in [0.3, 0.4) is 0 Å². The zero-order chi connectivity index (χ0) is 12.3. The van der Waals surface area contributed by atoms with Gasteiger partial charge in [-0.3, -0.25) is 10.1 Å². The van der Waals surface area contributed by atoms with E-state index in [9.17, 15) is 10.1 Å². The van der Waals surface area contributed by atoms with Crippen LogP contribution in [-0.4, -0.2) is 28.5 Å². The Morgan fingerprint density at radius 2 is 2.12 bits per heavy atom. The Morgan fingerprint density at radius 1 is 1.50 bits per heavy atom. The summed E-state index contributed by atoms with van der Waals surface area (Å²) in [6.07, 6.45) is 0.869. The highest BCUT2D eigenvalue weighted by atomic mass is 35.5. The first kappa shape index (κ1) is 12.6. The lowest BCUT2D eigenvalue weighted by molar-refractivity contribution is -0.385. The second-order valence-corrected chi connectivity index (χ2v) is 3.77. The first-order valence-electron chi connectivity index (χ1n) is 4.87. The van der Waals surface area contributed by atoms with Crippen molar-refractivity contribution in [2.24, 2.45) is 0 Å². The summed E-state index contributed by atoms with van der Waals surface area (Å²) in [5.74, 6) is 0.268. The van der Waals surface area contributed by atoms with Crippen LogP contribution in [0.2, 0.25) is 5.28 Å². The van der Waals surface area contributed by atoms with Crippen LogP contribution in [0, 0.1) is 17.0 Å². The molecule has 1 heterocycles. The minimum Gasteiger partial charge on any atom is -0.354 e. The van der Waals surface area contributed by atoms with Crippen LogP contribution in [0.15, 0.2) is 0 Å². The fourth-order valence-corrected chi connectivity index (χ4v) is 1.65. The van der Waals surface area contributed by atoms with Gasteiger partial charge < -0.3 is 4.90 Å². The molecule has 0 saturated heterocycles. The molecule has 1 aromatic heterocycles. The van der Waals surface area contributed by atoms with Gasteiger partial charge in [-0.25, -0.2) is 4.98 Å². The van der Waals surface area contributed by atoms with Crippen LogP contribution in [0.1, 0.15) is 19.0 Å². The Labute approximate surface area is 98.4 Å². The average Bonchev–Trinajstić information content (AvgIpc) is 2.15. The van der Waals surface area contributed by atoms with Crippen molar-refractivity contribution in [1.29, 1.82) is 0 Å². The molecule has 0 aliphatic carbocycles. The van der Waals surface area contributed by atoms with Gasteiger partial charge in [0.2, 0.25) is 11.1 Å². The van der Waals surface area contributed by atoms with E-state index in [0.717, 1.165) is 6.42 Å². The van der Waals surface area contributed by atoms with Crippen LogP contribution in [0.5, 0.6) is 0 Å². The van der Waals surface area contributed by atoms with E-state index in [-0.39, 0.29) is 22.5 Å². The maximum Gasteiger partial charge on any atom is 0.332 e. The molecular formula is C9H13ClN4O2. The van der Waals surface area contributed by atoms with Crippen LogP contribution in [-0.2, 0) is 0 Å². The van der Waals surface area contributed by atoms with Crippen molar-refractivity contribution in [3.8, 4) is 0 Å². The molecule has 0 aliphatic heterocycles. The molecule has 6 nitrogen and oxygen atoms in total. The standard InChI is InChI=1S/C9H13ClN4O2/c1-4-5-13(3)8-7(14(15)16)6(2)11-9(10)12-8/h4-5H2,1-3H3. The molecule has 0 radical (unpaired) electrons. The number of nitrogens with zero attached hydrogens (tertiary/aromatic N) is 4. The maximum absolute atomic E-state index is 10.9. The van der Waals surface area contributed by atoms with E-state index in [2.05, 4.69) is 9.97 Å². The van der Waals surface area contributed by atoms with Crippen molar-refractivity contribution in [1.82, 2.24) is 9.97 Å². The van der Waals surface area contributed by atoms with Crippen molar-refractivity contribution in [3.63, 3.8) is 0 Å². The van der Waals surface area contributed by atoms with Crippen molar-refractivity contribution < 1.29 is 4.92 Å². The number of hydrogen-bond donors (Lipinski definition) is 0. The Balaban J connectivity index is 3.29. The molecule has 0 spiro atoms. The Hall–Kier alpha value is -1.43. The van der Waals surface area contributed by atoms with Crippen molar-refractivity contribution in [3.05, 3.63) is 21.1 Å². The average molecular weight is 245 g/mol. The topological polar surface area (TPSA) is 72.2 Å². The molecule has 0 bridgehead atoms. The smallest absolute Gasteiger partial charge is 0.332 e. The summed E-state index contributed by atoms with van der Waals surface area (Å²) >= 11 is 5.70. The molecule has 0 unspecified atom stereocenters. The third kappa shape index (κ3) is 2.57. The number of nitro groups is 1. The van der Waals surface area contributed by atoms with Gasteiger partial charge in [0.05, 0.1) is 4.92 Å². The van der Waals surface area contributed by atoms with E-state index in [1.807, 2.05) is 6.92 Å². The summed E-state index contributed by atoms with van der Waals surface area (Å²) in [7, 11) is 1.74. The second-order valence-electron chi connectivity index (χ2n) is 3.43. The predicted octanol–water partition coefficient (Wildman–Crippen LogP) is 2.19. The molecule has 7 heteroatoms. The zero-order valence-electron chi connectivity index (χ0n) is 9.40. The lowest BCUT2D eigenvalue weighted by Crippen LogP contribution is -2.21. The predicted molar refractivity (Wildman–Crippen MR) is 62.0 cm³/mol. The van der Waals surface area contributed by atoms with Crippen molar-refractivity contribution in [2.75, 3.05) is 18.5 Å². The zero-order valence-corrected chi connectivity index (χ0v) is 10.2. The van der Waals surface area contributed by atoms with E-state index in [1.165, 1.54) is 0 Å². The molecule has 0 saturated carbocycles. The molecule has 88 valence electrons. The van der Waals surface area contributed by atoms with Crippen LogP contribution in [0.4, 0.5) is 11.5 Å². The lowest BCUT2D eigenvalue weighted by atomic mass is 10.3. The van der Waals surface area contributed by atoms with E-state index in [0.29, 0.717) is 6.54 Å². The number of rotatable bonds is 4. The molecule has 0 aromatic carbocycles. The first-order chi connectivity index (χ1) is 7.47. The molecule has 0 amide bonds. The van der Waals surface area contributed by atoms with Crippen LogP contribution >= 0.6 is 11.6 Å². The monoisotopic (exact) mass is 244 g/mol. The van der Waals surface area contributed by atoms with Gasteiger partial charge in [-0.05, 0) is 24.9 Å². The van der Waals surface area contributed by atoms with Gasteiger partial charge in [-0.1, -0.05) is 6.92 Å². The van der Waals surface area contributed by atoms with Crippen molar-refractivity contribution in [2.45, 2.75) is 20.3 Å². The molecule has 0 aliphatic rings. The minimum absolute atomic E-state index is 0.0288. The van der Waals surface area contributed by atoms with Gasteiger partial charge >= 0.3 is 5.69 Å². The highest BCUT2D eigenvalue weighted by Crippen LogP contribution is 2.28. The molecule has 1 aromatic rings. The number of hydrogen-bond acceptors (Lipinski definition) is 5. The first-order valence-corrected chi connectivity index (χ1v) is 5.24. The Bertz CT molecular complexity index is 411. The highest BCUT2D eigenvalue weighted by molar-refractivity contribution is 6.28. The van der Waals surface area contributed by atoms with Gasteiger partial charge in [0, 0.05) is 13.6 Å². The normalized spacial score (nSPS) is 10.2. The van der Waals surface area contributed by atoms with Crippen molar-refractivity contribution >= 4 is 23.1 Å². The molecule has 0 fully saturated rings. The summed E-state index contributed by atoms with van der Waals surface area (Å²) in [5.41, 5.74) is 0.198. The molecule has 1 rings (SSSR count). The Morgan fingerprint density at radius 3 is 2.62 bits per heavy atom. The molecular weight excluding hydrogens is 232 g/mol. The summed E-state index contributed by atoms with van der Waals surface area (Å²) in [6, 6.07) is 0. The maximum atomic E-state index is 10.9.